The minimum atomic E-state index is -0.247. The van der Waals surface area contributed by atoms with Crippen LogP contribution >= 0.6 is 0 Å². The second-order valence-electron chi connectivity index (χ2n) is 4.21. The highest BCUT2D eigenvalue weighted by Crippen LogP contribution is 2.23. The lowest BCUT2D eigenvalue weighted by atomic mass is 10.1. The second kappa shape index (κ2) is 5.56. The first-order valence-corrected chi connectivity index (χ1v) is 5.92. The lowest BCUT2D eigenvalue weighted by molar-refractivity contribution is 0.401. The number of nitrogens with zero attached hydrogens (tertiary/aromatic N) is 1. The third-order valence-electron chi connectivity index (χ3n) is 2.82. The fourth-order valence-corrected chi connectivity index (χ4v) is 1.75. The summed E-state index contributed by atoms with van der Waals surface area (Å²) >= 11 is 0. The maximum absolute atomic E-state index is 12.9. The summed E-state index contributed by atoms with van der Waals surface area (Å²) < 4.78 is 17.9. The molecule has 0 aliphatic heterocycles. The van der Waals surface area contributed by atoms with Crippen molar-refractivity contribution >= 4 is 11.5 Å². The van der Waals surface area contributed by atoms with Gasteiger partial charge in [-0.3, -0.25) is 0 Å². The van der Waals surface area contributed by atoms with Crippen LogP contribution in [-0.2, 0) is 0 Å². The van der Waals surface area contributed by atoms with Gasteiger partial charge in [-0.15, -0.1) is 0 Å². The fraction of sp³-hybridized carbons (Fsp3) is 0.214. The summed E-state index contributed by atoms with van der Waals surface area (Å²) in [4.78, 5) is 4.24. The highest BCUT2D eigenvalue weighted by Gasteiger charge is 2.08. The molecule has 1 heterocycles. The van der Waals surface area contributed by atoms with Crippen molar-refractivity contribution in [3.63, 3.8) is 0 Å². The van der Waals surface area contributed by atoms with Crippen LogP contribution < -0.4 is 15.8 Å². The Morgan fingerprint density at radius 2 is 1.89 bits per heavy atom. The number of aromatic nitrogens is 1. The molecule has 0 amide bonds. The largest absolute Gasteiger partial charge is 0.479 e. The first-order chi connectivity index (χ1) is 9.10. The molecule has 1 aromatic carbocycles. The zero-order chi connectivity index (χ0) is 13.8. The predicted molar refractivity (Wildman–Crippen MR) is 73.6 cm³/mol. The number of hydrogen-bond acceptors (Lipinski definition) is 4. The highest BCUT2D eigenvalue weighted by molar-refractivity contribution is 5.54. The van der Waals surface area contributed by atoms with Crippen molar-refractivity contribution in [3.05, 3.63) is 47.8 Å². The first kappa shape index (κ1) is 13.1. The van der Waals surface area contributed by atoms with E-state index in [4.69, 9.17) is 10.5 Å². The molecule has 100 valence electrons. The van der Waals surface area contributed by atoms with Gasteiger partial charge in [0.1, 0.15) is 11.6 Å². The van der Waals surface area contributed by atoms with Crippen LogP contribution in [0.25, 0.3) is 0 Å². The first-order valence-electron chi connectivity index (χ1n) is 5.92. The molecule has 0 aliphatic rings. The molecule has 19 heavy (non-hydrogen) atoms. The Bertz CT molecular complexity index is 557. The third kappa shape index (κ3) is 3.13. The fourth-order valence-electron chi connectivity index (χ4n) is 1.75. The molecule has 0 saturated carbocycles. The molecule has 0 saturated heterocycles. The molecule has 1 unspecified atom stereocenters. The van der Waals surface area contributed by atoms with E-state index >= 15 is 0 Å². The van der Waals surface area contributed by atoms with Crippen LogP contribution in [0.15, 0.2) is 36.4 Å². The topological polar surface area (TPSA) is 60.2 Å². The van der Waals surface area contributed by atoms with Crippen molar-refractivity contribution in [3.8, 4) is 5.88 Å². The molecule has 1 atom stereocenters. The molecular formula is C14H16FN3O. The monoisotopic (exact) mass is 261 g/mol. The molecule has 0 aliphatic carbocycles. The van der Waals surface area contributed by atoms with Crippen molar-refractivity contribution in [1.82, 2.24) is 4.98 Å². The van der Waals surface area contributed by atoms with Gasteiger partial charge in [-0.2, -0.15) is 4.98 Å². The maximum Gasteiger partial charge on any atom is 0.238 e. The summed E-state index contributed by atoms with van der Waals surface area (Å²) in [7, 11) is 1.52. The number of halogens is 1. The maximum atomic E-state index is 12.9. The number of rotatable bonds is 4. The van der Waals surface area contributed by atoms with Gasteiger partial charge in [0.25, 0.3) is 0 Å². The standard InChI is InChI=1S/C14H16FN3O/c1-9(10-3-5-11(15)6-4-10)17-13-8-7-12(16)14(18-13)19-2/h3-9H,16H2,1-2H3,(H,17,18). The van der Waals surface area contributed by atoms with Crippen LogP contribution in [0.5, 0.6) is 5.88 Å². The average molecular weight is 261 g/mol. The number of ether oxygens (including phenoxy) is 1. The zero-order valence-electron chi connectivity index (χ0n) is 10.9. The number of hydrogen-bond donors (Lipinski definition) is 2. The van der Waals surface area contributed by atoms with Gasteiger partial charge < -0.3 is 15.8 Å². The number of nitrogens with two attached hydrogens (primary N) is 1. The van der Waals surface area contributed by atoms with E-state index in [1.54, 1.807) is 24.3 Å². The molecule has 3 N–H and O–H groups in total. The molecule has 1 aromatic heterocycles. The Hall–Kier alpha value is -2.30. The second-order valence-corrected chi connectivity index (χ2v) is 4.21. The molecule has 2 aromatic rings. The minimum Gasteiger partial charge on any atom is -0.479 e. The lowest BCUT2D eigenvalue weighted by Crippen LogP contribution is -2.08. The van der Waals surface area contributed by atoms with Crippen LogP contribution in [-0.4, -0.2) is 12.1 Å². The van der Waals surface area contributed by atoms with Crippen molar-refractivity contribution < 1.29 is 9.13 Å². The van der Waals surface area contributed by atoms with Gasteiger partial charge >= 0.3 is 0 Å². The summed E-state index contributed by atoms with van der Waals surface area (Å²) in [5.74, 6) is 0.794. The SMILES string of the molecule is COc1nc(NC(C)c2ccc(F)cc2)ccc1N. The van der Waals surface area contributed by atoms with E-state index in [0.29, 0.717) is 17.4 Å². The molecule has 0 radical (unpaired) electrons. The molecule has 4 nitrogen and oxygen atoms in total. The Balaban J connectivity index is 2.14. The number of nitrogen functional groups attached to an aromatic ring is 1. The molecular weight excluding hydrogens is 245 g/mol. The van der Waals surface area contributed by atoms with Crippen LogP contribution in [0.4, 0.5) is 15.9 Å². The van der Waals surface area contributed by atoms with Crippen molar-refractivity contribution in [1.29, 1.82) is 0 Å². The van der Waals surface area contributed by atoms with Gasteiger partial charge in [-0.25, -0.2) is 4.39 Å². The van der Waals surface area contributed by atoms with Gasteiger partial charge in [0.05, 0.1) is 12.8 Å². The van der Waals surface area contributed by atoms with Gasteiger partial charge in [0, 0.05) is 6.04 Å². The Morgan fingerprint density at radius 1 is 1.21 bits per heavy atom. The van der Waals surface area contributed by atoms with Gasteiger partial charge in [0.2, 0.25) is 5.88 Å². The zero-order valence-corrected chi connectivity index (χ0v) is 10.9. The van der Waals surface area contributed by atoms with Gasteiger partial charge in [-0.05, 0) is 36.8 Å². The predicted octanol–water partition coefficient (Wildman–Crippen LogP) is 2.98. The summed E-state index contributed by atoms with van der Waals surface area (Å²) in [6.45, 7) is 1.97. The average Bonchev–Trinajstić information content (AvgIpc) is 2.41. The van der Waals surface area contributed by atoms with E-state index in [9.17, 15) is 4.39 Å². The molecule has 0 bridgehead atoms. The summed E-state index contributed by atoms with van der Waals surface area (Å²) in [6.07, 6.45) is 0. The van der Waals surface area contributed by atoms with Crippen LogP contribution in [0.2, 0.25) is 0 Å². The summed E-state index contributed by atoms with van der Waals surface area (Å²) in [5, 5.41) is 3.21. The molecule has 2 rings (SSSR count). The number of methoxy groups -OCH3 is 1. The highest BCUT2D eigenvalue weighted by atomic mass is 19.1. The van der Waals surface area contributed by atoms with Crippen molar-refractivity contribution in [2.45, 2.75) is 13.0 Å². The quantitative estimate of drug-likeness (QED) is 0.888. The molecule has 0 fully saturated rings. The van der Waals surface area contributed by atoms with Crippen LogP contribution in [0, 0.1) is 5.82 Å². The van der Waals surface area contributed by atoms with Crippen LogP contribution in [0.1, 0.15) is 18.5 Å². The number of benzene rings is 1. The third-order valence-corrected chi connectivity index (χ3v) is 2.82. The van der Waals surface area contributed by atoms with E-state index < -0.39 is 0 Å². The Morgan fingerprint density at radius 3 is 2.53 bits per heavy atom. The molecule has 0 spiro atoms. The molecule has 5 heteroatoms. The van der Waals surface area contributed by atoms with Crippen LogP contribution in [0.3, 0.4) is 0 Å². The van der Waals surface area contributed by atoms with Crippen molar-refractivity contribution in [2.24, 2.45) is 0 Å². The Kier molecular flexibility index (Phi) is 3.85. The minimum absolute atomic E-state index is 0.00132. The summed E-state index contributed by atoms with van der Waals surface area (Å²) in [5.41, 5.74) is 7.16. The van der Waals surface area contributed by atoms with E-state index in [1.165, 1.54) is 19.2 Å². The van der Waals surface area contributed by atoms with E-state index in [2.05, 4.69) is 10.3 Å². The summed E-state index contributed by atoms with van der Waals surface area (Å²) in [6, 6.07) is 9.85. The van der Waals surface area contributed by atoms with Crippen molar-refractivity contribution in [2.75, 3.05) is 18.2 Å². The normalized spacial score (nSPS) is 11.9. The smallest absolute Gasteiger partial charge is 0.238 e. The van der Waals surface area contributed by atoms with E-state index in [0.717, 1.165) is 5.56 Å². The van der Waals surface area contributed by atoms with E-state index in [-0.39, 0.29) is 11.9 Å². The van der Waals surface area contributed by atoms with E-state index in [1.807, 2.05) is 6.92 Å². The van der Waals surface area contributed by atoms with Gasteiger partial charge in [-0.1, -0.05) is 12.1 Å². The number of nitrogens with one attached hydrogen (secondary N) is 1. The number of pyridine rings is 1. The lowest BCUT2D eigenvalue weighted by Gasteiger charge is -2.15. The number of anilines is 2. The Labute approximate surface area is 111 Å². The van der Waals surface area contributed by atoms with Gasteiger partial charge in [0.15, 0.2) is 0 Å².